The fourth-order valence-electron chi connectivity index (χ4n) is 2.19. The maximum Gasteiger partial charge on any atom is 0.158 e. The van der Waals surface area contributed by atoms with Gasteiger partial charge >= 0.3 is 0 Å². The molecule has 1 heterocycles. The lowest BCUT2D eigenvalue weighted by molar-refractivity contribution is -0.224. The van der Waals surface area contributed by atoms with Crippen LogP contribution in [0.3, 0.4) is 0 Å². The van der Waals surface area contributed by atoms with Crippen LogP contribution in [0.2, 0.25) is 0 Å². The van der Waals surface area contributed by atoms with E-state index in [1.54, 1.807) is 0 Å². The number of hydrogen-bond donors (Lipinski definition) is 0. The maximum atomic E-state index is 6.16. The zero-order valence-electron chi connectivity index (χ0n) is 10.8. The Morgan fingerprint density at radius 2 is 2.25 bits per heavy atom. The molecule has 0 radical (unpaired) electrons. The average Bonchev–Trinajstić information content (AvgIpc) is 2.30. The summed E-state index contributed by atoms with van der Waals surface area (Å²) in [7, 11) is 0. The van der Waals surface area contributed by atoms with Crippen LogP contribution < -0.4 is 0 Å². The molecule has 1 fully saturated rings. The van der Waals surface area contributed by atoms with Gasteiger partial charge in [-0.2, -0.15) is 0 Å². The Morgan fingerprint density at radius 1 is 1.50 bits per heavy atom. The number of hydrogen-bond acceptors (Lipinski definition) is 2. The molecule has 0 bridgehead atoms. The zero-order chi connectivity index (χ0) is 12.0. The van der Waals surface area contributed by atoms with Gasteiger partial charge in [0.2, 0.25) is 0 Å². The van der Waals surface area contributed by atoms with Crippen LogP contribution in [0.4, 0.5) is 0 Å². The van der Waals surface area contributed by atoms with Crippen molar-refractivity contribution in [2.45, 2.75) is 64.8 Å². The molecule has 0 aliphatic carbocycles. The first kappa shape index (κ1) is 14.5. The third-order valence-electron chi connectivity index (χ3n) is 3.35. The first-order chi connectivity index (χ1) is 7.59. The molecule has 16 heavy (non-hydrogen) atoms. The molecule has 2 nitrogen and oxygen atoms in total. The van der Waals surface area contributed by atoms with E-state index >= 15 is 0 Å². The molecule has 3 atom stereocenters. The highest BCUT2D eigenvalue weighted by Gasteiger charge is 2.30. The summed E-state index contributed by atoms with van der Waals surface area (Å²) in [5.41, 5.74) is -0.0325. The van der Waals surface area contributed by atoms with Crippen LogP contribution in [0.15, 0.2) is 0 Å². The summed E-state index contributed by atoms with van der Waals surface area (Å²) in [6.07, 6.45) is 5.64. The molecule has 1 aliphatic rings. The third-order valence-corrected chi connectivity index (χ3v) is 4.45. The zero-order valence-corrected chi connectivity index (χ0v) is 12.4. The van der Waals surface area contributed by atoms with Crippen LogP contribution >= 0.6 is 15.9 Å². The molecule has 0 amide bonds. The molecule has 0 aromatic carbocycles. The molecule has 0 saturated carbocycles. The summed E-state index contributed by atoms with van der Waals surface area (Å²) in [4.78, 5) is 0. The van der Waals surface area contributed by atoms with Gasteiger partial charge in [0.15, 0.2) is 6.29 Å². The molecule has 0 aromatic heterocycles. The first-order valence-electron chi connectivity index (χ1n) is 6.45. The molecular weight excluding hydrogens is 268 g/mol. The summed E-state index contributed by atoms with van der Waals surface area (Å²) in [5.74, 6) is 0.647. The van der Waals surface area contributed by atoms with Gasteiger partial charge in [-0.3, -0.25) is 0 Å². The summed E-state index contributed by atoms with van der Waals surface area (Å²) < 4.78 is 11.8. The molecule has 0 aromatic rings. The van der Waals surface area contributed by atoms with Crippen molar-refractivity contribution >= 4 is 15.9 Å². The van der Waals surface area contributed by atoms with Gasteiger partial charge in [-0.15, -0.1) is 0 Å². The standard InChI is InChI=1S/C13H25BrO2/c1-4-13(3,9-11(2)10-14)16-12-7-5-6-8-15-12/h11-12H,4-10H2,1-3H3. The van der Waals surface area contributed by atoms with E-state index in [4.69, 9.17) is 9.47 Å². The van der Waals surface area contributed by atoms with Gasteiger partial charge in [-0.1, -0.05) is 29.8 Å². The number of halogens is 1. The van der Waals surface area contributed by atoms with Crippen LogP contribution in [0.5, 0.6) is 0 Å². The van der Waals surface area contributed by atoms with E-state index < -0.39 is 0 Å². The van der Waals surface area contributed by atoms with Crippen molar-refractivity contribution in [3.63, 3.8) is 0 Å². The highest BCUT2D eigenvalue weighted by Crippen LogP contribution is 2.29. The predicted octanol–water partition coefficient (Wildman–Crippen LogP) is 4.12. The van der Waals surface area contributed by atoms with Crippen LogP contribution in [-0.2, 0) is 9.47 Å². The molecule has 3 unspecified atom stereocenters. The quantitative estimate of drug-likeness (QED) is 0.686. The fourth-order valence-corrected chi connectivity index (χ4v) is 2.42. The van der Waals surface area contributed by atoms with Crippen molar-refractivity contribution < 1.29 is 9.47 Å². The van der Waals surface area contributed by atoms with E-state index in [1.165, 1.54) is 12.8 Å². The van der Waals surface area contributed by atoms with E-state index in [2.05, 4.69) is 36.7 Å². The molecular formula is C13H25BrO2. The highest BCUT2D eigenvalue weighted by atomic mass is 79.9. The molecule has 0 N–H and O–H groups in total. The van der Waals surface area contributed by atoms with Gasteiger partial charge in [0.25, 0.3) is 0 Å². The number of alkyl halides is 1. The smallest absolute Gasteiger partial charge is 0.158 e. The topological polar surface area (TPSA) is 18.5 Å². The summed E-state index contributed by atoms with van der Waals surface area (Å²) in [6.45, 7) is 7.53. The van der Waals surface area contributed by atoms with Crippen molar-refractivity contribution in [1.29, 1.82) is 0 Å². The normalized spacial score (nSPS) is 27.4. The van der Waals surface area contributed by atoms with Crippen molar-refractivity contribution in [3.8, 4) is 0 Å². The van der Waals surface area contributed by atoms with Gasteiger partial charge in [0, 0.05) is 11.9 Å². The van der Waals surface area contributed by atoms with Crippen molar-refractivity contribution in [2.24, 2.45) is 5.92 Å². The van der Waals surface area contributed by atoms with Crippen LogP contribution in [0.1, 0.15) is 52.9 Å². The van der Waals surface area contributed by atoms with Crippen molar-refractivity contribution in [2.75, 3.05) is 11.9 Å². The molecule has 1 aliphatic heterocycles. The van der Waals surface area contributed by atoms with Crippen molar-refractivity contribution in [1.82, 2.24) is 0 Å². The van der Waals surface area contributed by atoms with E-state index in [9.17, 15) is 0 Å². The van der Waals surface area contributed by atoms with E-state index in [1.807, 2.05) is 0 Å². The van der Waals surface area contributed by atoms with E-state index in [0.29, 0.717) is 5.92 Å². The largest absolute Gasteiger partial charge is 0.353 e. The fraction of sp³-hybridized carbons (Fsp3) is 1.00. The maximum absolute atomic E-state index is 6.16. The monoisotopic (exact) mass is 292 g/mol. The third kappa shape index (κ3) is 4.72. The van der Waals surface area contributed by atoms with Gasteiger partial charge in [-0.05, 0) is 44.9 Å². The second-order valence-electron chi connectivity index (χ2n) is 5.18. The Kier molecular flexibility index (Phi) is 6.30. The van der Waals surface area contributed by atoms with Crippen LogP contribution in [0, 0.1) is 5.92 Å². The SMILES string of the molecule is CCC(C)(CC(C)CBr)OC1CCCCO1. The summed E-state index contributed by atoms with van der Waals surface area (Å²) in [5, 5.41) is 1.04. The molecule has 1 saturated heterocycles. The van der Waals surface area contributed by atoms with Crippen LogP contribution in [-0.4, -0.2) is 23.8 Å². The minimum absolute atomic E-state index is 0.0289. The lowest BCUT2D eigenvalue weighted by atomic mass is 9.91. The van der Waals surface area contributed by atoms with Gasteiger partial charge in [0.05, 0.1) is 5.60 Å². The average molecular weight is 293 g/mol. The molecule has 96 valence electrons. The van der Waals surface area contributed by atoms with Gasteiger partial charge in [0.1, 0.15) is 0 Å². The van der Waals surface area contributed by atoms with Crippen molar-refractivity contribution in [3.05, 3.63) is 0 Å². The first-order valence-corrected chi connectivity index (χ1v) is 7.57. The molecule has 3 heteroatoms. The summed E-state index contributed by atoms with van der Waals surface area (Å²) in [6, 6.07) is 0. The summed E-state index contributed by atoms with van der Waals surface area (Å²) >= 11 is 3.54. The van der Waals surface area contributed by atoms with E-state index in [0.717, 1.165) is 31.2 Å². The van der Waals surface area contributed by atoms with E-state index in [-0.39, 0.29) is 11.9 Å². The second kappa shape index (κ2) is 6.97. The lowest BCUT2D eigenvalue weighted by Crippen LogP contribution is -2.37. The Balaban J connectivity index is 2.44. The van der Waals surface area contributed by atoms with Gasteiger partial charge in [-0.25, -0.2) is 0 Å². The Labute approximate surface area is 108 Å². The number of rotatable bonds is 6. The van der Waals surface area contributed by atoms with Gasteiger partial charge < -0.3 is 9.47 Å². The molecule has 1 rings (SSSR count). The second-order valence-corrected chi connectivity index (χ2v) is 5.83. The Hall–Kier alpha value is 0.400. The lowest BCUT2D eigenvalue weighted by Gasteiger charge is -2.36. The minimum Gasteiger partial charge on any atom is -0.353 e. The van der Waals surface area contributed by atoms with Crippen LogP contribution in [0.25, 0.3) is 0 Å². The molecule has 0 spiro atoms. The Morgan fingerprint density at radius 3 is 2.75 bits per heavy atom. The highest BCUT2D eigenvalue weighted by molar-refractivity contribution is 9.09. The minimum atomic E-state index is -0.0325. The Bertz CT molecular complexity index is 192. The number of ether oxygens (including phenoxy) is 2. The predicted molar refractivity (Wildman–Crippen MR) is 70.9 cm³/mol.